The van der Waals surface area contributed by atoms with E-state index in [1.54, 1.807) is 0 Å². The number of carbonyl (C=O) groups excluding carboxylic acids is 1. The molecule has 1 fully saturated rings. The van der Waals surface area contributed by atoms with Gasteiger partial charge in [-0.25, -0.2) is 0 Å². The highest BCUT2D eigenvalue weighted by Gasteiger charge is 2.33. The summed E-state index contributed by atoms with van der Waals surface area (Å²) in [5.41, 5.74) is 5.79. The number of amides is 1. The summed E-state index contributed by atoms with van der Waals surface area (Å²) in [6.45, 7) is -1.03. The molecule has 1 amide bonds. The quantitative estimate of drug-likeness (QED) is 0.853. The van der Waals surface area contributed by atoms with Gasteiger partial charge in [0.2, 0.25) is 5.91 Å². The number of nitrogens with one attached hydrogen (secondary N) is 1. The van der Waals surface area contributed by atoms with Crippen molar-refractivity contribution in [3.63, 3.8) is 0 Å². The summed E-state index contributed by atoms with van der Waals surface area (Å²) in [6.07, 6.45) is -1.96. The molecule has 128 valence electrons. The lowest BCUT2D eigenvalue weighted by molar-refractivity contribution is -0.153. The van der Waals surface area contributed by atoms with Crippen LogP contribution in [0.1, 0.15) is 19.3 Å². The Bertz CT molecular complexity index is 566. The Morgan fingerprint density at radius 3 is 2.78 bits per heavy atom. The molecule has 0 unspecified atom stereocenters. The van der Waals surface area contributed by atoms with Gasteiger partial charge in [0.05, 0.1) is 5.69 Å². The smallest absolute Gasteiger partial charge is 0.422 e. The van der Waals surface area contributed by atoms with Gasteiger partial charge in [0.1, 0.15) is 5.75 Å². The Hall–Kier alpha value is -1.47. The highest BCUT2D eigenvalue weighted by atomic mass is 35.5. The predicted octanol–water partition coefficient (Wildman–Crippen LogP) is 3.59. The van der Waals surface area contributed by atoms with Crippen molar-refractivity contribution in [3.8, 4) is 5.75 Å². The fourth-order valence-electron chi connectivity index (χ4n) is 2.77. The van der Waals surface area contributed by atoms with Crippen LogP contribution in [0.25, 0.3) is 0 Å². The van der Waals surface area contributed by atoms with Gasteiger partial charge in [-0.1, -0.05) is 18.0 Å². The van der Waals surface area contributed by atoms with Crippen molar-refractivity contribution in [2.75, 3.05) is 18.5 Å². The zero-order valence-electron chi connectivity index (χ0n) is 12.3. The first-order valence-electron chi connectivity index (χ1n) is 7.30. The summed E-state index contributed by atoms with van der Waals surface area (Å²) >= 11 is 5.86. The van der Waals surface area contributed by atoms with Crippen molar-refractivity contribution < 1.29 is 22.7 Å². The molecular weight excluding hydrogens is 333 g/mol. The third-order valence-corrected chi connectivity index (χ3v) is 4.12. The maximum atomic E-state index is 12.4. The van der Waals surface area contributed by atoms with E-state index in [0.717, 1.165) is 12.8 Å². The number of rotatable bonds is 5. The molecule has 0 aromatic heterocycles. The molecule has 1 aliphatic carbocycles. The minimum absolute atomic E-state index is 0.0672. The Morgan fingerprint density at radius 1 is 1.39 bits per heavy atom. The predicted molar refractivity (Wildman–Crippen MR) is 81.5 cm³/mol. The van der Waals surface area contributed by atoms with Crippen LogP contribution in [-0.2, 0) is 4.79 Å². The van der Waals surface area contributed by atoms with Gasteiger partial charge in [-0.2, -0.15) is 13.2 Å². The zero-order valence-corrected chi connectivity index (χ0v) is 13.1. The van der Waals surface area contributed by atoms with E-state index in [-0.39, 0.29) is 29.2 Å². The van der Waals surface area contributed by atoms with Crippen LogP contribution in [0.2, 0.25) is 5.02 Å². The summed E-state index contributed by atoms with van der Waals surface area (Å²) in [6, 6.07) is 4.08. The van der Waals surface area contributed by atoms with Crippen molar-refractivity contribution >= 4 is 23.2 Å². The molecule has 4 nitrogen and oxygen atoms in total. The fraction of sp³-hybridized carbons (Fsp3) is 0.533. The molecule has 1 aliphatic rings. The number of hydrogen-bond donors (Lipinski definition) is 2. The van der Waals surface area contributed by atoms with Gasteiger partial charge in [0, 0.05) is 10.9 Å². The number of ether oxygens (including phenoxy) is 1. The highest BCUT2D eigenvalue weighted by Crippen LogP contribution is 2.34. The molecule has 0 aliphatic heterocycles. The van der Waals surface area contributed by atoms with Crippen LogP contribution in [0.3, 0.4) is 0 Å². The fourth-order valence-corrected chi connectivity index (χ4v) is 2.95. The Balaban J connectivity index is 2.11. The van der Waals surface area contributed by atoms with Gasteiger partial charge in [0.15, 0.2) is 6.61 Å². The van der Waals surface area contributed by atoms with Crippen LogP contribution in [0, 0.1) is 11.8 Å². The SMILES string of the molecule is NC[C@H]1CCC[C@H]1C(=O)Nc1cc(Cl)ccc1OCC(F)(F)F. The molecule has 3 N–H and O–H groups in total. The van der Waals surface area contributed by atoms with E-state index in [2.05, 4.69) is 5.32 Å². The second kappa shape index (κ2) is 7.40. The first-order valence-corrected chi connectivity index (χ1v) is 7.68. The second-order valence-corrected chi connectivity index (χ2v) is 6.00. The average Bonchev–Trinajstić information content (AvgIpc) is 2.94. The van der Waals surface area contributed by atoms with Crippen LogP contribution in [0.5, 0.6) is 5.75 Å². The Kier molecular flexibility index (Phi) is 5.75. The molecule has 2 atom stereocenters. The minimum atomic E-state index is -4.46. The molecule has 0 bridgehead atoms. The summed E-state index contributed by atoms with van der Waals surface area (Å²) in [5, 5.41) is 2.92. The van der Waals surface area contributed by atoms with E-state index < -0.39 is 12.8 Å². The third-order valence-electron chi connectivity index (χ3n) is 3.89. The molecule has 0 heterocycles. The largest absolute Gasteiger partial charge is 0.482 e. The lowest BCUT2D eigenvalue weighted by atomic mass is 9.95. The standard InChI is InChI=1S/C15H18ClF3N2O2/c16-10-4-5-13(23-8-15(17,18)19)12(6-10)21-14(22)11-3-1-2-9(11)7-20/h4-6,9,11H,1-3,7-8,20H2,(H,21,22)/t9-,11-/m1/s1. The molecule has 1 saturated carbocycles. The maximum Gasteiger partial charge on any atom is 0.422 e. The number of alkyl halides is 3. The summed E-state index contributed by atoms with van der Waals surface area (Å²) < 4.78 is 41.7. The molecule has 2 rings (SSSR count). The van der Waals surface area contributed by atoms with Gasteiger partial charge < -0.3 is 15.8 Å². The van der Waals surface area contributed by atoms with Crippen molar-refractivity contribution in [1.29, 1.82) is 0 Å². The molecule has 0 radical (unpaired) electrons. The van der Waals surface area contributed by atoms with Crippen molar-refractivity contribution in [2.45, 2.75) is 25.4 Å². The molecule has 1 aromatic carbocycles. The Morgan fingerprint density at radius 2 is 2.13 bits per heavy atom. The van der Waals surface area contributed by atoms with E-state index in [0.29, 0.717) is 18.0 Å². The highest BCUT2D eigenvalue weighted by molar-refractivity contribution is 6.31. The van der Waals surface area contributed by atoms with Gasteiger partial charge >= 0.3 is 6.18 Å². The van der Waals surface area contributed by atoms with Crippen LogP contribution >= 0.6 is 11.6 Å². The number of anilines is 1. The molecule has 23 heavy (non-hydrogen) atoms. The number of benzene rings is 1. The normalized spacial score (nSPS) is 21.3. The van der Waals surface area contributed by atoms with E-state index in [9.17, 15) is 18.0 Å². The van der Waals surface area contributed by atoms with Crippen molar-refractivity contribution in [1.82, 2.24) is 0 Å². The van der Waals surface area contributed by atoms with E-state index in [1.807, 2.05) is 0 Å². The summed E-state index contributed by atoms with van der Waals surface area (Å²) in [5.74, 6) is -0.484. The first kappa shape index (κ1) is 17.9. The zero-order chi connectivity index (χ0) is 17.0. The van der Waals surface area contributed by atoms with Crippen LogP contribution in [0.4, 0.5) is 18.9 Å². The average molecular weight is 351 g/mol. The molecule has 0 spiro atoms. The van der Waals surface area contributed by atoms with E-state index in [4.69, 9.17) is 22.1 Å². The third kappa shape index (κ3) is 5.00. The van der Waals surface area contributed by atoms with Gasteiger partial charge in [-0.3, -0.25) is 4.79 Å². The van der Waals surface area contributed by atoms with Crippen molar-refractivity contribution in [3.05, 3.63) is 23.2 Å². The van der Waals surface area contributed by atoms with E-state index in [1.165, 1.54) is 18.2 Å². The topological polar surface area (TPSA) is 64.4 Å². The minimum Gasteiger partial charge on any atom is -0.482 e. The summed E-state index contributed by atoms with van der Waals surface area (Å²) in [4.78, 5) is 12.4. The van der Waals surface area contributed by atoms with Gasteiger partial charge in [0.25, 0.3) is 0 Å². The maximum absolute atomic E-state index is 12.4. The molecule has 8 heteroatoms. The number of nitrogens with two attached hydrogens (primary N) is 1. The van der Waals surface area contributed by atoms with Gasteiger partial charge in [-0.15, -0.1) is 0 Å². The Labute approximate surface area is 137 Å². The lowest BCUT2D eigenvalue weighted by Gasteiger charge is -2.19. The van der Waals surface area contributed by atoms with E-state index >= 15 is 0 Å². The molecule has 1 aromatic rings. The van der Waals surface area contributed by atoms with Crippen molar-refractivity contribution in [2.24, 2.45) is 17.6 Å². The molecule has 0 saturated heterocycles. The van der Waals surface area contributed by atoms with Crippen LogP contribution in [-0.4, -0.2) is 25.2 Å². The van der Waals surface area contributed by atoms with Gasteiger partial charge in [-0.05, 0) is 43.5 Å². The molecular formula is C15H18ClF3N2O2. The van der Waals surface area contributed by atoms with Crippen LogP contribution < -0.4 is 15.8 Å². The number of carbonyl (C=O) groups is 1. The number of hydrogen-bond acceptors (Lipinski definition) is 3. The lowest BCUT2D eigenvalue weighted by Crippen LogP contribution is -2.30. The summed E-state index contributed by atoms with van der Waals surface area (Å²) in [7, 11) is 0. The number of halogens is 4. The van der Waals surface area contributed by atoms with Crippen LogP contribution in [0.15, 0.2) is 18.2 Å². The first-order chi connectivity index (χ1) is 10.8. The second-order valence-electron chi connectivity index (χ2n) is 5.57. The monoisotopic (exact) mass is 350 g/mol.